The number of hydrogen-bond donors (Lipinski definition) is 1. The van der Waals surface area contributed by atoms with Crippen LogP contribution in [-0.2, 0) is 0 Å². The highest BCUT2D eigenvalue weighted by atomic mass is 16.3. The van der Waals surface area contributed by atoms with Crippen LogP contribution in [0, 0.1) is 0 Å². The fourth-order valence-corrected chi connectivity index (χ4v) is 2.71. The first kappa shape index (κ1) is 15.1. The molecular weight excluding hydrogens is 316 g/mol. The van der Waals surface area contributed by atoms with Crippen LogP contribution in [0.3, 0.4) is 0 Å². The fraction of sp³-hybridized carbons (Fsp3) is 0.0500. The molecule has 0 saturated heterocycles. The smallest absolute Gasteiger partial charge is 0.259 e. The minimum absolute atomic E-state index is 0.00541. The lowest BCUT2D eigenvalue weighted by atomic mass is 10.1. The van der Waals surface area contributed by atoms with E-state index in [1.54, 1.807) is 42.5 Å². The van der Waals surface area contributed by atoms with Crippen LogP contribution in [0.25, 0.3) is 33.8 Å². The highest BCUT2D eigenvalue weighted by Crippen LogP contribution is 2.27. The summed E-state index contributed by atoms with van der Waals surface area (Å²) in [5, 5.41) is 0.534. The van der Waals surface area contributed by atoms with E-state index < -0.39 is 0 Å². The molecule has 0 fully saturated rings. The normalized spacial score (nSPS) is 10.9. The number of H-pyrrole nitrogens is 1. The van der Waals surface area contributed by atoms with E-state index in [-0.39, 0.29) is 11.3 Å². The number of aromatic nitrogens is 2. The van der Waals surface area contributed by atoms with E-state index in [0.717, 1.165) is 5.56 Å². The minimum Gasteiger partial charge on any atom is -0.453 e. The van der Waals surface area contributed by atoms with Crippen molar-refractivity contribution in [2.75, 3.05) is 0 Å². The zero-order valence-corrected chi connectivity index (χ0v) is 13.4. The minimum atomic E-state index is -0.211. The molecule has 0 aliphatic rings. The second-order valence-electron chi connectivity index (χ2n) is 5.73. The number of fused-ring (bicyclic) bond motifs is 1. The van der Waals surface area contributed by atoms with Crippen LogP contribution in [0.1, 0.15) is 17.3 Å². The summed E-state index contributed by atoms with van der Waals surface area (Å²) in [7, 11) is 0. The lowest BCUT2D eigenvalue weighted by Gasteiger charge is -2.01. The summed E-state index contributed by atoms with van der Waals surface area (Å²) in [6.45, 7) is 1.52. The molecule has 0 radical (unpaired) electrons. The first-order valence-corrected chi connectivity index (χ1v) is 7.82. The quantitative estimate of drug-likeness (QED) is 0.575. The van der Waals surface area contributed by atoms with Crippen LogP contribution in [0.2, 0.25) is 0 Å². The number of benzene rings is 2. The van der Waals surface area contributed by atoms with Crippen molar-refractivity contribution < 1.29 is 9.21 Å². The highest BCUT2D eigenvalue weighted by molar-refractivity contribution is 5.95. The molecule has 0 amide bonds. The standard InChI is InChI=1S/C20H14N2O3/c1-12(23)13-5-4-6-14(11-13)17-9-10-18(25-17)19-21-16-8-3-2-7-15(16)20(24)22-19/h2-11H,1H3,(H,21,22,24). The van der Waals surface area contributed by atoms with Crippen molar-refractivity contribution >= 4 is 16.7 Å². The number of para-hydroxylation sites is 1. The summed E-state index contributed by atoms with van der Waals surface area (Å²) in [4.78, 5) is 30.9. The molecule has 2 aromatic carbocycles. The van der Waals surface area contributed by atoms with E-state index in [4.69, 9.17) is 4.42 Å². The van der Waals surface area contributed by atoms with Crippen molar-refractivity contribution in [2.24, 2.45) is 0 Å². The first-order valence-electron chi connectivity index (χ1n) is 7.82. The van der Waals surface area contributed by atoms with Crippen LogP contribution in [0.15, 0.2) is 69.9 Å². The molecule has 0 unspecified atom stereocenters. The Labute approximate surface area is 143 Å². The summed E-state index contributed by atoms with van der Waals surface area (Å²) in [5.74, 6) is 1.44. The summed E-state index contributed by atoms with van der Waals surface area (Å²) < 4.78 is 5.85. The van der Waals surface area contributed by atoms with Crippen LogP contribution in [-0.4, -0.2) is 15.8 Å². The zero-order valence-electron chi connectivity index (χ0n) is 13.4. The number of Topliss-reactive ketones (excluding diaryl/α,β-unsaturated/α-hetero) is 1. The fourth-order valence-electron chi connectivity index (χ4n) is 2.71. The summed E-state index contributed by atoms with van der Waals surface area (Å²) >= 11 is 0. The van der Waals surface area contributed by atoms with E-state index in [1.165, 1.54) is 6.92 Å². The highest BCUT2D eigenvalue weighted by Gasteiger charge is 2.12. The SMILES string of the molecule is CC(=O)c1cccc(-c2ccc(-c3nc4ccccc4c(=O)[nH]3)o2)c1. The van der Waals surface area contributed by atoms with Gasteiger partial charge in [-0.15, -0.1) is 0 Å². The number of rotatable bonds is 3. The van der Waals surface area contributed by atoms with Gasteiger partial charge in [0, 0.05) is 11.1 Å². The molecule has 4 rings (SSSR count). The molecule has 122 valence electrons. The maximum atomic E-state index is 12.2. The molecule has 2 heterocycles. The van der Waals surface area contributed by atoms with Gasteiger partial charge in [-0.25, -0.2) is 4.98 Å². The van der Waals surface area contributed by atoms with Crippen LogP contribution in [0.4, 0.5) is 0 Å². The van der Waals surface area contributed by atoms with Gasteiger partial charge < -0.3 is 9.40 Å². The van der Waals surface area contributed by atoms with Gasteiger partial charge in [-0.05, 0) is 37.3 Å². The average molecular weight is 330 g/mol. The monoisotopic (exact) mass is 330 g/mol. The van der Waals surface area contributed by atoms with Gasteiger partial charge in [0.1, 0.15) is 5.76 Å². The van der Waals surface area contributed by atoms with Crippen molar-refractivity contribution in [3.63, 3.8) is 0 Å². The zero-order chi connectivity index (χ0) is 17.4. The van der Waals surface area contributed by atoms with Gasteiger partial charge in [0.2, 0.25) is 0 Å². The molecule has 0 spiro atoms. The predicted molar refractivity (Wildman–Crippen MR) is 95.5 cm³/mol. The molecule has 25 heavy (non-hydrogen) atoms. The van der Waals surface area contributed by atoms with E-state index in [1.807, 2.05) is 18.2 Å². The lowest BCUT2D eigenvalue weighted by Crippen LogP contribution is -2.08. The third kappa shape index (κ3) is 2.76. The Balaban J connectivity index is 1.78. The van der Waals surface area contributed by atoms with E-state index in [9.17, 15) is 9.59 Å². The molecule has 0 aliphatic heterocycles. The Kier molecular flexibility index (Phi) is 3.54. The van der Waals surface area contributed by atoms with E-state index >= 15 is 0 Å². The van der Waals surface area contributed by atoms with Crippen molar-refractivity contribution in [3.8, 4) is 22.9 Å². The number of carbonyl (C=O) groups excluding carboxylic acids is 1. The largest absolute Gasteiger partial charge is 0.453 e. The van der Waals surface area contributed by atoms with Gasteiger partial charge in [-0.1, -0.05) is 30.3 Å². The van der Waals surface area contributed by atoms with Crippen molar-refractivity contribution in [1.29, 1.82) is 0 Å². The molecule has 0 aliphatic carbocycles. The van der Waals surface area contributed by atoms with E-state index in [0.29, 0.717) is 33.8 Å². The molecular formula is C20H14N2O3. The van der Waals surface area contributed by atoms with Gasteiger partial charge in [-0.2, -0.15) is 0 Å². The molecule has 2 aromatic heterocycles. The summed E-state index contributed by atoms with van der Waals surface area (Å²) in [5.41, 5.74) is 1.81. The van der Waals surface area contributed by atoms with Crippen molar-refractivity contribution in [2.45, 2.75) is 6.92 Å². The Hall–Kier alpha value is -3.47. The third-order valence-electron chi connectivity index (χ3n) is 4.01. The van der Waals surface area contributed by atoms with Crippen molar-refractivity contribution in [1.82, 2.24) is 9.97 Å². The van der Waals surface area contributed by atoms with Gasteiger partial charge in [0.15, 0.2) is 17.4 Å². The number of aromatic amines is 1. The number of furan rings is 1. The topological polar surface area (TPSA) is 76.0 Å². The Bertz CT molecular complexity index is 1150. The molecule has 1 N–H and O–H groups in total. The summed E-state index contributed by atoms with van der Waals surface area (Å²) in [6.07, 6.45) is 0. The molecule has 0 saturated carbocycles. The first-order chi connectivity index (χ1) is 12.1. The van der Waals surface area contributed by atoms with Crippen molar-refractivity contribution in [3.05, 3.63) is 76.6 Å². The average Bonchev–Trinajstić information content (AvgIpc) is 3.12. The third-order valence-corrected chi connectivity index (χ3v) is 4.01. The molecule has 4 aromatic rings. The van der Waals surface area contributed by atoms with Crippen LogP contribution < -0.4 is 5.56 Å². The van der Waals surface area contributed by atoms with Gasteiger partial charge in [0.05, 0.1) is 10.9 Å². The Morgan fingerprint density at radius 2 is 1.80 bits per heavy atom. The number of hydrogen-bond acceptors (Lipinski definition) is 4. The second-order valence-corrected chi connectivity index (χ2v) is 5.73. The second kappa shape index (κ2) is 5.87. The summed E-state index contributed by atoms with van der Waals surface area (Å²) in [6, 6.07) is 17.9. The van der Waals surface area contributed by atoms with Crippen LogP contribution in [0.5, 0.6) is 0 Å². The molecule has 5 nitrogen and oxygen atoms in total. The maximum Gasteiger partial charge on any atom is 0.259 e. The van der Waals surface area contributed by atoms with E-state index in [2.05, 4.69) is 9.97 Å². The number of nitrogens with one attached hydrogen (secondary N) is 1. The number of ketones is 1. The number of carbonyl (C=O) groups is 1. The molecule has 0 atom stereocenters. The predicted octanol–water partition coefficient (Wildman–Crippen LogP) is 4.05. The molecule has 5 heteroatoms. The maximum absolute atomic E-state index is 12.2. The Morgan fingerprint density at radius 1 is 1.00 bits per heavy atom. The van der Waals surface area contributed by atoms with Gasteiger partial charge in [0.25, 0.3) is 5.56 Å². The lowest BCUT2D eigenvalue weighted by molar-refractivity contribution is 0.101. The Morgan fingerprint density at radius 3 is 2.64 bits per heavy atom. The van der Waals surface area contributed by atoms with Crippen LogP contribution >= 0.6 is 0 Å². The van der Waals surface area contributed by atoms with Gasteiger partial charge in [-0.3, -0.25) is 9.59 Å². The number of nitrogens with zero attached hydrogens (tertiary/aromatic N) is 1. The molecule has 0 bridgehead atoms. The van der Waals surface area contributed by atoms with Gasteiger partial charge >= 0.3 is 0 Å².